The standard InChI is InChI=1S/C11H13ClF3N/c1-7(16)2-3-8-4-9(11(13,14)15)6-10(12)5-8/h4-7H,2-3,16H2,1H3/t7-/m1/s1. The first-order valence-corrected chi connectivity index (χ1v) is 5.29. The zero-order valence-electron chi connectivity index (χ0n) is 8.81. The minimum absolute atomic E-state index is 0.0340. The molecule has 1 atom stereocenters. The molecule has 0 radical (unpaired) electrons. The van der Waals surface area contributed by atoms with Gasteiger partial charge in [0.15, 0.2) is 0 Å². The molecule has 0 heterocycles. The second-order valence-electron chi connectivity index (χ2n) is 3.86. The Bertz CT molecular complexity index is 361. The molecule has 1 nitrogen and oxygen atoms in total. The molecule has 0 unspecified atom stereocenters. The van der Waals surface area contributed by atoms with Gasteiger partial charge in [0.05, 0.1) is 5.56 Å². The zero-order valence-corrected chi connectivity index (χ0v) is 9.57. The van der Waals surface area contributed by atoms with E-state index >= 15 is 0 Å². The summed E-state index contributed by atoms with van der Waals surface area (Å²) < 4.78 is 37.4. The molecule has 0 aliphatic heterocycles. The van der Waals surface area contributed by atoms with Crippen LogP contribution in [0.4, 0.5) is 13.2 Å². The van der Waals surface area contributed by atoms with Crippen LogP contribution in [0.25, 0.3) is 0 Å². The van der Waals surface area contributed by atoms with E-state index in [9.17, 15) is 13.2 Å². The van der Waals surface area contributed by atoms with Crippen molar-refractivity contribution >= 4 is 11.6 Å². The summed E-state index contributed by atoms with van der Waals surface area (Å²) in [6.07, 6.45) is -3.22. The largest absolute Gasteiger partial charge is 0.416 e. The van der Waals surface area contributed by atoms with Crippen molar-refractivity contribution in [1.29, 1.82) is 0 Å². The minimum Gasteiger partial charge on any atom is -0.328 e. The molecule has 2 N–H and O–H groups in total. The summed E-state index contributed by atoms with van der Waals surface area (Å²) in [5.74, 6) is 0. The Labute approximate surface area is 97.4 Å². The van der Waals surface area contributed by atoms with Crippen LogP contribution < -0.4 is 5.73 Å². The van der Waals surface area contributed by atoms with Gasteiger partial charge >= 0.3 is 6.18 Å². The van der Waals surface area contributed by atoms with E-state index in [4.69, 9.17) is 17.3 Å². The fourth-order valence-corrected chi connectivity index (χ4v) is 1.61. The molecule has 90 valence electrons. The zero-order chi connectivity index (χ0) is 12.3. The lowest BCUT2D eigenvalue weighted by atomic mass is 10.0. The Kier molecular flexibility index (Phi) is 4.21. The molecule has 0 fully saturated rings. The maximum atomic E-state index is 12.5. The van der Waals surface area contributed by atoms with Crippen LogP contribution >= 0.6 is 11.6 Å². The maximum absolute atomic E-state index is 12.5. The van der Waals surface area contributed by atoms with Gasteiger partial charge < -0.3 is 5.73 Å². The van der Waals surface area contributed by atoms with E-state index in [0.29, 0.717) is 18.4 Å². The summed E-state index contributed by atoms with van der Waals surface area (Å²) >= 11 is 5.64. The molecule has 0 saturated carbocycles. The number of hydrogen-bond acceptors (Lipinski definition) is 1. The van der Waals surface area contributed by atoms with E-state index in [1.165, 1.54) is 0 Å². The Hall–Kier alpha value is -0.740. The van der Waals surface area contributed by atoms with E-state index in [2.05, 4.69) is 0 Å². The highest BCUT2D eigenvalue weighted by molar-refractivity contribution is 6.30. The molecule has 0 spiro atoms. The van der Waals surface area contributed by atoms with Crippen molar-refractivity contribution in [3.8, 4) is 0 Å². The Morgan fingerprint density at radius 1 is 1.31 bits per heavy atom. The number of rotatable bonds is 3. The van der Waals surface area contributed by atoms with Crippen molar-refractivity contribution in [3.05, 3.63) is 34.3 Å². The predicted molar refractivity (Wildman–Crippen MR) is 58.4 cm³/mol. The van der Waals surface area contributed by atoms with Crippen LogP contribution in [0, 0.1) is 0 Å². The third-order valence-corrected chi connectivity index (χ3v) is 2.39. The fraction of sp³-hybridized carbons (Fsp3) is 0.455. The lowest BCUT2D eigenvalue weighted by molar-refractivity contribution is -0.137. The number of nitrogens with two attached hydrogens (primary N) is 1. The maximum Gasteiger partial charge on any atom is 0.416 e. The molecule has 1 rings (SSSR count). The average molecular weight is 252 g/mol. The predicted octanol–water partition coefficient (Wildman–Crippen LogP) is 3.64. The lowest BCUT2D eigenvalue weighted by Crippen LogP contribution is -2.15. The highest BCUT2D eigenvalue weighted by atomic mass is 35.5. The third kappa shape index (κ3) is 4.02. The van der Waals surface area contributed by atoms with E-state index in [1.54, 1.807) is 6.07 Å². The van der Waals surface area contributed by atoms with Crippen molar-refractivity contribution in [2.24, 2.45) is 5.73 Å². The van der Waals surface area contributed by atoms with Crippen molar-refractivity contribution in [2.45, 2.75) is 32.0 Å². The van der Waals surface area contributed by atoms with Crippen molar-refractivity contribution in [3.63, 3.8) is 0 Å². The van der Waals surface area contributed by atoms with Gasteiger partial charge in [-0.1, -0.05) is 11.6 Å². The summed E-state index contributed by atoms with van der Waals surface area (Å²) in [6, 6.07) is 3.55. The monoisotopic (exact) mass is 251 g/mol. The van der Waals surface area contributed by atoms with Gasteiger partial charge in [0, 0.05) is 11.1 Å². The van der Waals surface area contributed by atoms with Gasteiger partial charge in [0.25, 0.3) is 0 Å². The molecule has 0 aromatic heterocycles. The van der Waals surface area contributed by atoms with E-state index in [0.717, 1.165) is 12.1 Å². The van der Waals surface area contributed by atoms with Crippen molar-refractivity contribution in [1.82, 2.24) is 0 Å². The van der Waals surface area contributed by atoms with E-state index < -0.39 is 11.7 Å². The topological polar surface area (TPSA) is 26.0 Å². The molecule has 16 heavy (non-hydrogen) atoms. The molecular formula is C11H13ClF3N. The van der Waals surface area contributed by atoms with Gasteiger partial charge in [-0.3, -0.25) is 0 Å². The van der Waals surface area contributed by atoms with Gasteiger partial charge in [0.1, 0.15) is 0 Å². The second-order valence-corrected chi connectivity index (χ2v) is 4.30. The summed E-state index contributed by atoms with van der Waals surface area (Å²) in [5.41, 5.74) is 5.41. The van der Waals surface area contributed by atoms with Crippen molar-refractivity contribution in [2.75, 3.05) is 0 Å². The molecule has 0 aliphatic rings. The second kappa shape index (κ2) is 5.06. The quantitative estimate of drug-likeness (QED) is 0.872. The summed E-state index contributed by atoms with van der Waals surface area (Å²) in [4.78, 5) is 0. The molecule has 5 heteroatoms. The van der Waals surface area contributed by atoms with Gasteiger partial charge in [-0.05, 0) is 43.5 Å². The first-order chi connectivity index (χ1) is 7.29. The van der Waals surface area contributed by atoms with E-state index in [1.807, 2.05) is 6.92 Å². The Morgan fingerprint density at radius 2 is 1.94 bits per heavy atom. The summed E-state index contributed by atoms with van der Waals surface area (Å²) in [6.45, 7) is 1.81. The number of benzene rings is 1. The number of alkyl halides is 3. The van der Waals surface area contributed by atoms with Crippen LogP contribution in [0.1, 0.15) is 24.5 Å². The smallest absolute Gasteiger partial charge is 0.328 e. The summed E-state index contributed by atoms with van der Waals surface area (Å²) in [7, 11) is 0. The third-order valence-electron chi connectivity index (χ3n) is 2.17. The molecule has 1 aromatic carbocycles. The Balaban J connectivity index is 2.90. The van der Waals surface area contributed by atoms with Crippen LogP contribution in [0.15, 0.2) is 18.2 Å². The molecular weight excluding hydrogens is 239 g/mol. The normalized spacial score (nSPS) is 13.9. The SMILES string of the molecule is C[C@@H](N)CCc1cc(Cl)cc(C(F)(F)F)c1. The highest BCUT2D eigenvalue weighted by Crippen LogP contribution is 2.32. The van der Waals surface area contributed by atoms with Gasteiger partial charge in [0.2, 0.25) is 0 Å². The van der Waals surface area contributed by atoms with Crippen LogP contribution in [-0.2, 0) is 12.6 Å². The average Bonchev–Trinajstić information content (AvgIpc) is 2.12. The highest BCUT2D eigenvalue weighted by Gasteiger charge is 2.30. The number of hydrogen-bond donors (Lipinski definition) is 1. The number of aryl methyl sites for hydroxylation is 1. The van der Waals surface area contributed by atoms with E-state index in [-0.39, 0.29) is 11.1 Å². The van der Waals surface area contributed by atoms with Crippen LogP contribution in [0.3, 0.4) is 0 Å². The minimum atomic E-state index is -4.35. The molecule has 0 bridgehead atoms. The van der Waals surface area contributed by atoms with Gasteiger partial charge in [-0.25, -0.2) is 0 Å². The number of halogens is 4. The first kappa shape index (κ1) is 13.3. The van der Waals surface area contributed by atoms with Crippen LogP contribution in [0.2, 0.25) is 5.02 Å². The summed E-state index contributed by atoms with van der Waals surface area (Å²) in [5, 5.41) is 0.106. The van der Waals surface area contributed by atoms with Crippen molar-refractivity contribution < 1.29 is 13.2 Å². The van der Waals surface area contributed by atoms with Gasteiger partial charge in [-0.15, -0.1) is 0 Å². The van der Waals surface area contributed by atoms with Gasteiger partial charge in [-0.2, -0.15) is 13.2 Å². The lowest BCUT2D eigenvalue weighted by Gasteiger charge is -2.10. The molecule has 0 amide bonds. The fourth-order valence-electron chi connectivity index (χ4n) is 1.35. The molecule has 0 saturated heterocycles. The first-order valence-electron chi connectivity index (χ1n) is 4.91. The Morgan fingerprint density at radius 3 is 2.44 bits per heavy atom. The molecule has 0 aliphatic carbocycles. The molecule has 1 aromatic rings. The van der Waals surface area contributed by atoms with Crippen LogP contribution in [0.5, 0.6) is 0 Å². The van der Waals surface area contributed by atoms with Crippen LogP contribution in [-0.4, -0.2) is 6.04 Å².